The van der Waals surface area contributed by atoms with Gasteiger partial charge in [-0.25, -0.2) is 19.2 Å². The Labute approximate surface area is 124 Å². The van der Waals surface area contributed by atoms with Crippen molar-refractivity contribution >= 4 is 21.5 Å². The molecule has 0 unspecified atom stereocenters. The molecule has 0 aliphatic carbocycles. The number of nitrogens with one attached hydrogen (secondary N) is 1. The normalized spacial score (nSPS) is 12.5. The molecular formula is C13H21N5O2S. The lowest BCUT2D eigenvalue weighted by molar-refractivity contribution is 0.348. The molecule has 7 nitrogen and oxygen atoms in total. The fraction of sp³-hybridized carbons (Fsp3) is 0.462. The first-order chi connectivity index (χ1) is 9.97. The lowest BCUT2D eigenvalue weighted by Crippen LogP contribution is -2.37. The van der Waals surface area contributed by atoms with E-state index >= 15 is 0 Å². The molecule has 2 aromatic heterocycles. The molecule has 0 bridgehead atoms. The lowest BCUT2D eigenvalue weighted by Gasteiger charge is -2.25. The molecule has 116 valence electrons. The largest absolute Gasteiger partial charge is 0.306 e. The van der Waals surface area contributed by atoms with Crippen molar-refractivity contribution in [3.05, 3.63) is 24.4 Å². The Kier molecular flexibility index (Phi) is 4.50. The van der Waals surface area contributed by atoms with Gasteiger partial charge in [-0.1, -0.05) is 19.9 Å². The van der Waals surface area contributed by atoms with Crippen molar-refractivity contribution in [2.75, 3.05) is 12.5 Å². The molecule has 0 radical (unpaired) electrons. The molecule has 0 atom stereocenters. The van der Waals surface area contributed by atoms with Gasteiger partial charge in [-0.3, -0.25) is 4.40 Å². The van der Waals surface area contributed by atoms with Crippen LogP contribution in [-0.2, 0) is 10.0 Å². The highest BCUT2D eigenvalue weighted by atomic mass is 32.2. The van der Waals surface area contributed by atoms with E-state index in [1.165, 1.54) is 8.71 Å². The number of pyridine rings is 1. The standard InChI is InChI=1S/C13H21N5O2S/c1-4-10(5-2)17(3)21(19,20)13-12(16-14)15-11-8-6-7-9-18(11)13/h6-10,16H,4-5,14H2,1-3H3. The van der Waals surface area contributed by atoms with Gasteiger partial charge < -0.3 is 5.43 Å². The highest BCUT2D eigenvalue weighted by Gasteiger charge is 2.32. The Hall–Kier alpha value is -1.64. The molecule has 0 aliphatic rings. The molecule has 0 saturated carbocycles. The van der Waals surface area contributed by atoms with Crippen LogP contribution in [0, 0.1) is 0 Å². The third-order valence-electron chi connectivity index (χ3n) is 3.70. The molecule has 3 N–H and O–H groups in total. The van der Waals surface area contributed by atoms with Crippen LogP contribution in [0.15, 0.2) is 29.4 Å². The van der Waals surface area contributed by atoms with E-state index in [9.17, 15) is 8.42 Å². The molecule has 0 aliphatic heterocycles. The van der Waals surface area contributed by atoms with Gasteiger partial charge in [0.25, 0.3) is 10.0 Å². The van der Waals surface area contributed by atoms with Gasteiger partial charge >= 0.3 is 0 Å². The number of rotatable bonds is 6. The number of hydrogen-bond donors (Lipinski definition) is 2. The van der Waals surface area contributed by atoms with Crippen molar-refractivity contribution in [3.8, 4) is 0 Å². The summed E-state index contributed by atoms with van der Waals surface area (Å²) in [4.78, 5) is 4.21. The fourth-order valence-electron chi connectivity index (χ4n) is 2.45. The van der Waals surface area contributed by atoms with Crippen molar-refractivity contribution in [2.45, 2.75) is 37.8 Å². The van der Waals surface area contributed by atoms with Crippen LogP contribution >= 0.6 is 0 Å². The SMILES string of the molecule is CCC(CC)N(C)S(=O)(=O)c1c(NN)nc2ccccn12. The Bertz CT molecular complexity index is 721. The van der Waals surface area contributed by atoms with Gasteiger partial charge in [-0.05, 0) is 25.0 Å². The number of fused-ring (bicyclic) bond motifs is 1. The molecule has 2 rings (SSSR count). The number of hydrogen-bond acceptors (Lipinski definition) is 5. The summed E-state index contributed by atoms with van der Waals surface area (Å²) in [5.74, 6) is 5.60. The van der Waals surface area contributed by atoms with Crippen molar-refractivity contribution < 1.29 is 8.42 Å². The van der Waals surface area contributed by atoms with E-state index in [-0.39, 0.29) is 16.9 Å². The topological polar surface area (TPSA) is 92.7 Å². The third kappa shape index (κ3) is 2.61. The van der Waals surface area contributed by atoms with Gasteiger partial charge in [-0.15, -0.1) is 0 Å². The second-order valence-electron chi connectivity index (χ2n) is 4.83. The average Bonchev–Trinajstić information content (AvgIpc) is 2.87. The highest BCUT2D eigenvalue weighted by molar-refractivity contribution is 7.89. The molecule has 0 spiro atoms. The Balaban J connectivity index is 2.64. The van der Waals surface area contributed by atoms with E-state index in [4.69, 9.17) is 5.84 Å². The van der Waals surface area contributed by atoms with Crippen molar-refractivity contribution in [1.29, 1.82) is 0 Å². The molecule has 0 saturated heterocycles. The average molecular weight is 311 g/mol. The molecule has 0 fully saturated rings. The number of nitrogen functional groups attached to an aromatic ring is 1. The van der Waals surface area contributed by atoms with Crippen LogP contribution in [0.3, 0.4) is 0 Å². The van der Waals surface area contributed by atoms with Crippen LogP contribution in [0.2, 0.25) is 0 Å². The summed E-state index contributed by atoms with van der Waals surface area (Å²) in [6, 6.07) is 5.22. The first-order valence-corrected chi connectivity index (χ1v) is 8.33. The van der Waals surface area contributed by atoms with E-state index in [0.29, 0.717) is 5.65 Å². The smallest absolute Gasteiger partial charge is 0.262 e. The predicted molar refractivity (Wildman–Crippen MR) is 82.3 cm³/mol. The zero-order valence-electron chi connectivity index (χ0n) is 12.4. The second-order valence-corrected chi connectivity index (χ2v) is 6.74. The van der Waals surface area contributed by atoms with Crippen LogP contribution < -0.4 is 11.3 Å². The number of nitrogens with zero attached hydrogens (tertiary/aromatic N) is 3. The van der Waals surface area contributed by atoms with Gasteiger partial charge in [0.1, 0.15) is 5.65 Å². The van der Waals surface area contributed by atoms with E-state index in [1.807, 2.05) is 13.8 Å². The van der Waals surface area contributed by atoms with Crippen LogP contribution in [-0.4, -0.2) is 35.2 Å². The third-order valence-corrected chi connectivity index (χ3v) is 5.64. The molecular weight excluding hydrogens is 290 g/mol. The van der Waals surface area contributed by atoms with E-state index in [0.717, 1.165) is 12.8 Å². The highest BCUT2D eigenvalue weighted by Crippen LogP contribution is 2.26. The Morgan fingerprint density at radius 1 is 1.38 bits per heavy atom. The summed E-state index contributed by atoms with van der Waals surface area (Å²) in [5.41, 5.74) is 2.91. The number of aromatic nitrogens is 2. The summed E-state index contributed by atoms with van der Waals surface area (Å²) < 4.78 is 28.8. The minimum atomic E-state index is -3.70. The number of sulfonamides is 1. The maximum atomic E-state index is 12.9. The molecule has 0 aromatic carbocycles. The second kappa shape index (κ2) is 6.00. The lowest BCUT2D eigenvalue weighted by atomic mass is 10.2. The Morgan fingerprint density at radius 2 is 2.05 bits per heavy atom. The zero-order chi connectivity index (χ0) is 15.6. The van der Waals surface area contributed by atoms with Gasteiger partial charge in [-0.2, -0.15) is 4.31 Å². The van der Waals surface area contributed by atoms with Gasteiger partial charge in [0.05, 0.1) is 0 Å². The van der Waals surface area contributed by atoms with Crippen LogP contribution in [0.5, 0.6) is 0 Å². The van der Waals surface area contributed by atoms with Gasteiger partial charge in [0.15, 0.2) is 5.82 Å². The molecule has 0 amide bonds. The van der Waals surface area contributed by atoms with Crippen LogP contribution in [0.25, 0.3) is 5.65 Å². The number of imidazole rings is 1. The predicted octanol–water partition coefficient (Wildman–Crippen LogP) is 1.43. The molecule has 21 heavy (non-hydrogen) atoms. The van der Waals surface area contributed by atoms with Crippen molar-refractivity contribution in [2.24, 2.45) is 5.84 Å². The minimum absolute atomic E-state index is 0.0603. The maximum Gasteiger partial charge on any atom is 0.262 e. The van der Waals surface area contributed by atoms with Gasteiger partial charge in [0, 0.05) is 19.3 Å². The molecule has 8 heteroatoms. The van der Waals surface area contributed by atoms with Crippen molar-refractivity contribution in [1.82, 2.24) is 13.7 Å². The number of hydrazine groups is 1. The molecule has 2 aromatic rings. The summed E-state index contributed by atoms with van der Waals surface area (Å²) in [6.45, 7) is 3.94. The van der Waals surface area contributed by atoms with E-state index < -0.39 is 10.0 Å². The first-order valence-electron chi connectivity index (χ1n) is 6.89. The minimum Gasteiger partial charge on any atom is -0.306 e. The first kappa shape index (κ1) is 15.7. The van der Waals surface area contributed by atoms with E-state index in [2.05, 4.69) is 10.4 Å². The summed E-state index contributed by atoms with van der Waals surface area (Å²) in [5, 5.41) is 0.0648. The summed E-state index contributed by atoms with van der Waals surface area (Å²) >= 11 is 0. The monoisotopic (exact) mass is 311 g/mol. The van der Waals surface area contributed by atoms with Crippen molar-refractivity contribution in [3.63, 3.8) is 0 Å². The van der Waals surface area contributed by atoms with E-state index in [1.54, 1.807) is 31.4 Å². The molecule has 2 heterocycles. The Morgan fingerprint density at radius 3 is 2.62 bits per heavy atom. The summed E-state index contributed by atoms with van der Waals surface area (Å²) in [7, 11) is -2.10. The zero-order valence-corrected chi connectivity index (χ0v) is 13.3. The van der Waals surface area contributed by atoms with Gasteiger partial charge in [0.2, 0.25) is 5.03 Å². The van der Waals surface area contributed by atoms with Crippen LogP contribution in [0.4, 0.5) is 5.82 Å². The quantitative estimate of drug-likeness (QED) is 0.622. The maximum absolute atomic E-state index is 12.9. The van der Waals surface area contributed by atoms with Crippen LogP contribution in [0.1, 0.15) is 26.7 Å². The fourth-order valence-corrected chi connectivity index (χ4v) is 4.16. The summed E-state index contributed by atoms with van der Waals surface area (Å²) in [6.07, 6.45) is 3.15. The number of anilines is 1. The number of nitrogens with two attached hydrogens (primary N) is 1.